The molecule has 0 unspecified atom stereocenters. The Morgan fingerprint density at radius 1 is 1.12 bits per heavy atom. The molecule has 0 spiro atoms. The molecule has 10 heteroatoms. The number of carbonyl (C=O) groups is 1. The maximum absolute atomic E-state index is 13.0. The lowest BCUT2D eigenvalue weighted by Gasteiger charge is -2.10. The Kier molecular flexibility index (Phi) is 6.22. The molecule has 3 heterocycles. The summed E-state index contributed by atoms with van der Waals surface area (Å²) in [6.07, 6.45) is -4.08. The van der Waals surface area contributed by atoms with E-state index in [2.05, 4.69) is 15.3 Å². The summed E-state index contributed by atoms with van der Waals surface area (Å²) in [6.45, 7) is 3.98. The van der Waals surface area contributed by atoms with E-state index in [-0.39, 0.29) is 11.7 Å². The Bertz CT molecular complexity index is 1280. The van der Waals surface area contributed by atoms with Crippen molar-refractivity contribution in [2.75, 3.05) is 5.32 Å². The van der Waals surface area contributed by atoms with Gasteiger partial charge in [0.15, 0.2) is 5.13 Å². The summed E-state index contributed by atoms with van der Waals surface area (Å²) >= 11 is 2.95. The summed E-state index contributed by atoms with van der Waals surface area (Å²) in [7, 11) is 0. The predicted molar refractivity (Wildman–Crippen MR) is 124 cm³/mol. The third kappa shape index (κ3) is 4.91. The second-order valence-corrected chi connectivity index (χ2v) is 9.44. The van der Waals surface area contributed by atoms with Crippen LogP contribution in [0.2, 0.25) is 0 Å². The topological polar surface area (TPSA) is 75.1 Å². The van der Waals surface area contributed by atoms with E-state index in [4.69, 9.17) is 0 Å². The van der Waals surface area contributed by atoms with E-state index in [0.29, 0.717) is 17.4 Å². The molecule has 4 aromatic rings. The molecule has 4 rings (SSSR count). The number of hydrogen-bond donors (Lipinski definition) is 2. The molecule has 0 bridgehead atoms. The first-order valence-electron chi connectivity index (χ1n) is 9.86. The number of aromatic nitrogens is 2. The van der Waals surface area contributed by atoms with Gasteiger partial charge < -0.3 is 10.4 Å². The summed E-state index contributed by atoms with van der Waals surface area (Å²) < 4.78 is 38.9. The zero-order chi connectivity index (χ0) is 23.8. The largest absolute Gasteiger partial charge is 0.478 e. The Hall–Kier alpha value is -3.24. The predicted octanol–water partition coefficient (Wildman–Crippen LogP) is 7.52. The molecule has 33 heavy (non-hydrogen) atoms. The van der Waals surface area contributed by atoms with Crippen LogP contribution >= 0.6 is 22.7 Å². The van der Waals surface area contributed by atoms with Crippen LogP contribution in [0.5, 0.6) is 0 Å². The molecule has 0 radical (unpaired) electrons. The van der Waals surface area contributed by atoms with Gasteiger partial charge in [0.1, 0.15) is 11.4 Å². The van der Waals surface area contributed by atoms with E-state index in [0.717, 1.165) is 26.6 Å². The molecule has 0 atom stereocenters. The number of pyridine rings is 1. The molecule has 5 nitrogen and oxygen atoms in total. The lowest BCUT2D eigenvalue weighted by molar-refractivity contribution is -0.137. The molecule has 0 saturated heterocycles. The minimum atomic E-state index is -4.69. The highest BCUT2D eigenvalue weighted by Crippen LogP contribution is 2.39. The summed E-state index contributed by atoms with van der Waals surface area (Å²) in [6, 6.07) is 12.7. The van der Waals surface area contributed by atoms with Gasteiger partial charge in [-0.15, -0.1) is 11.3 Å². The molecular weight excluding hydrogens is 471 g/mol. The van der Waals surface area contributed by atoms with E-state index in [1.807, 2.05) is 55.6 Å². The normalized spacial score (nSPS) is 11.7. The van der Waals surface area contributed by atoms with Gasteiger partial charge in [0.25, 0.3) is 0 Å². The highest BCUT2D eigenvalue weighted by Gasteiger charge is 2.32. The van der Waals surface area contributed by atoms with E-state index in [1.54, 1.807) is 11.3 Å². The van der Waals surface area contributed by atoms with Crippen LogP contribution < -0.4 is 5.32 Å². The number of aromatic carboxylic acids is 1. The van der Waals surface area contributed by atoms with Crippen LogP contribution in [0.3, 0.4) is 0 Å². The lowest BCUT2D eigenvalue weighted by Crippen LogP contribution is -2.11. The van der Waals surface area contributed by atoms with Crippen molar-refractivity contribution in [2.24, 2.45) is 0 Å². The van der Waals surface area contributed by atoms with Crippen molar-refractivity contribution in [1.82, 2.24) is 9.97 Å². The number of carboxylic acids is 1. The van der Waals surface area contributed by atoms with Crippen LogP contribution in [0.4, 0.5) is 24.1 Å². The lowest BCUT2D eigenvalue weighted by atomic mass is 10.0. The second-order valence-electron chi connectivity index (χ2n) is 7.49. The first kappa shape index (κ1) is 22.9. The molecule has 0 amide bonds. The van der Waals surface area contributed by atoms with Gasteiger partial charge in [-0.1, -0.05) is 55.5 Å². The van der Waals surface area contributed by atoms with Crippen molar-refractivity contribution in [1.29, 1.82) is 0 Å². The number of nitrogens with zero attached hydrogens (tertiary/aromatic N) is 2. The molecular formula is C23H18F3N3O2S2. The van der Waals surface area contributed by atoms with Gasteiger partial charge in [-0.2, -0.15) is 13.2 Å². The van der Waals surface area contributed by atoms with Crippen LogP contribution in [-0.4, -0.2) is 21.0 Å². The number of benzene rings is 1. The summed E-state index contributed by atoms with van der Waals surface area (Å²) in [5.41, 5.74) is 1.15. The van der Waals surface area contributed by atoms with Crippen molar-refractivity contribution >= 4 is 39.6 Å². The van der Waals surface area contributed by atoms with Crippen molar-refractivity contribution in [3.05, 3.63) is 70.9 Å². The summed E-state index contributed by atoms with van der Waals surface area (Å²) in [4.78, 5) is 21.9. The van der Waals surface area contributed by atoms with Crippen LogP contribution in [-0.2, 0) is 6.18 Å². The first-order chi connectivity index (χ1) is 15.6. The monoisotopic (exact) mass is 489 g/mol. The number of nitrogens with one attached hydrogen (secondary N) is 1. The maximum Gasteiger partial charge on any atom is 0.417 e. The minimum absolute atomic E-state index is 0.0725. The van der Waals surface area contributed by atoms with Crippen molar-refractivity contribution < 1.29 is 23.1 Å². The van der Waals surface area contributed by atoms with E-state index in [9.17, 15) is 23.1 Å². The molecule has 170 valence electrons. The van der Waals surface area contributed by atoms with Gasteiger partial charge in [-0.05, 0) is 34.6 Å². The van der Waals surface area contributed by atoms with Crippen molar-refractivity contribution in [2.45, 2.75) is 25.9 Å². The van der Waals surface area contributed by atoms with E-state index in [1.165, 1.54) is 11.3 Å². The van der Waals surface area contributed by atoms with E-state index >= 15 is 0 Å². The third-order valence-electron chi connectivity index (χ3n) is 4.82. The number of thiophene rings is 1. The molecule has 0 saturated carbocycles. The average Bonchev–Trinajstić information content (AvgIpc) is 3.43. The molecule has 0 fully saturated rings. The summed E-state index contributed by atoms with van der Waals surface area (Å²) in [5, 5.41) is 14.6. The number of halogens is 3. The fraction of sp³-hybridized carbons (Fsp3) is 0.174. The van der Waals surface area contributed by atoms with Crippen LogP contribution in [0.25, 0.3) is 20.9 Å². The van der Waals surface area contributed by atoms with Gasteiger partial charge in [0, 0.05) is 11.1 Å². The van der Waals surface area contributed by atoms with Gasteiger partial charge in [-0.3, -0.25) is 0 Å². The molecule has 1 aromatic carbocycles. The van der Waals surface area contributed by atoms with Crippen LogP contribution in [0, 0.1) is 0 Å². The highest BCUT2D eigenvalue weighted by atomic mass is 32.1. The minimum Gasteiger partial charge on any atom is -0.478 e. The van der Waals surface area contributed by atoms with Crippen molar-refractivity contribution in [3.8, 4) is 20.9 Å². The SMILES string of the molecule is CC(C)c1nc(Nc2ncc(C(F)(F)F)cc2C(=O)O)sc1-c1ccc(-c2cccs2)cc1. The fourth-order valence-electron chi connectivity index (χ4n) is 3.20. The van der Waals surface area contributed by atoms with Gasteiger partial charge in [0.05, 0.1) is 16.1 Å². The number of alkyl halides is 3. The Labute approximate surface area is 195 Å². The Morgan fingerprint density at radius 3 is 2.39 bits per heavy atom. The second kappa shape index (κ2) is 8.95. The standard InChI is InChI=1S/C23H18F3N3O2S2/c1-12(2)18-19(14-7-5-13(6-8-14)17-4-3-9-32-17)33-22(28-18)29-20-16(21(30)31)10-15(11-27-20)23(24,25)26/h3-12H,1-2H3,(H,30,31)(H,27,28,29). The summed E-state index contributed by atoms with van der Waals surface area (Å²) in [5.74, 6) is -1.64. The molecule has 2 N–H and O–H groups in total. The quantitative estimate of drug-likeness (QED) is 0.293. The third-order valence-corrected chi connectivity index (χ3v) is 6.78. The molecule has 3 aromatic heterocycles. The van der Waals surface area contributed by atoms with Gasteiger partial charge >= 0.3 is 12.1 Å². The highest BCUT2D eigenvalue weighted by molar-refractivity contribution is 7.19. The van der Waals surface area contributed by atoms with Gasteiger partial charge in [-0.25, -0.2) is 14.8 Å². The number of anilines is 2. The molecule has 0 aliphatic heterocycles. The fourth-order valence-corrected chi connectivity index (χ4v) is 5.05. The Balaban J connectivity index is 1.68. The molecule has 0 aliphatic carbocycles. The maximum atomic E-state index is 13.0. The van der Waals surface area contributed by atoms with Crippen molar-refractivity contribution in [3.63, 3.8) is 0 Å². The number of rotatable bonds is 6. The first-order valence-corrected chi connectivity index (χ1v) is 11.6. The Morgan fingerprint density at radius 2 is 1.82 bits per heavy atom. The van der Waals surface area contributed by atoms with Crippen LogP contribution in [0.1, 0.15) is 41.4 Å². The molecule has 0 aliphatic rings. The zero-order valence-corrected chi connectivity index (χ0v) is 19.1. The number of carboxylic acid groups (broad SMARTS) is 1. The smallest absolute Gasteiger partial charge is 0.417 e. The van der Waals surface area contributed by atoms with Crippen LogP contribution in [0.15, 0.2) is 54.0 Å². The van der Waals surface area contributed by atoms with E-state index < -0.39 is 23.3 Å². The number of thiazole rings is 1. The number of hydrogen-bond acceptors (Lipinski definition) is 6. The zero-order valence-electron chi connectivity index (χ0n) is 17.5. The average molecular weight is 490 g/mol. The van der Waals surface area contributed by atoms with Gasteiger partial charge in [0.2, 0.25) is 0 Å².